The number of aromatic nitrogens is 1. The van der Waals surface area contributed by atoms with Crippen molar-refractivity contribution in [2.75, 3.05) is 20.2 Å². The second-order valence-electron chi connectivity index (χ2n) is 8.42. The number of halogens is 1. The topological polar surface area (TPSA) is 84.3 Å². The molecule has 6 nitrogen and oxygen atoms in total. The fourth-order valence-electron chi connectivity index (χ4n) is 4.47. The van der Waals surface area contributed by atoms with E-state index in [-0.39, 0.29) is 17.6 Å². The van der Waals surface area contributed by atoms with Crippen LogP contribution in [0.15, 0.2) is 48.5 Å². The summed E-state index contributed by atoms with van der Waals surface area (Å²) >= 11 is 0. The van der Waals surface area contributed by atoms with E-state index in [2.05, 4.69) is 6.07 Å². The number of piperidine rings is 1. The summed E-state index contributed by atoms with van der Waals surface area (Å²) < 4.78 is 22.9. The van der Waals surface area contributed by atoms with Gasteiger partial charge in [-0.1, -0.05) is 36.4 Å². The van der Waals surface area contributed by atoms with Crippen molar-refractivity contribution in [1.82, 2.24) is 9.47 Å². The number of hydrogen-bond acceptors (Lipinski definition) is 4. The second-order valence-corrected chi connectivity index (χ2v) is 8.42. The Labute approximate surface area is 193 Å². The minimum Gasteiger partial charge on any atom is -0.380 e. The van der Waals surface area contributed by atoms with E-state index in [4.69, 9.17) is 15.7 Å². The first kappa shape index (κ1) is 22.7. The van der Waals surface area contributed by atoms with Crippen LogP contribution < -0.4 is 5.73 Å². The number of rotatable bonds is 5. The molecule has 2 aromatic carbocycles. The van der Waals surface area contributed by atoms with Crippen LogP contribution in [0.4, 0.5) is 4.39 Å². The molecule has 7 heteroatoms. The monoisotopic (exact) mass is 446 g/mol. The number of nitrogens with zero attached hydrogens (tertiary/aromatic N) is 3. The maximum absolute atomic E-state index is 16.0. The second kappa shape index (κ2) is 9.57. The predicted octanol–water partition coefficient (Wildman–Crippen LogP) is 4.08. The molecule has 33 heavy (non-hydrogen) atoms. The highest BCUT2D eigenvalue weighted by atomic mass is 19.1. The fourth-order valence-corrected chi connectivity index (χ4v) is 4.47. The molecule has 1 fully saturated rings. The Bertz CT molecular complexity index is 1190. The van der Waals surface area contributed by atoms with Crippen LogP contribution in [-0.4, -0.2) is 41.6 Å². The Morgan fingerprint density at radius 1 is 1.18 bits per heavy atom. The maximum Gasteiger partial charge on any atom is 0.273 e. The third kappa shape index (κ3) is 4.40. The molecule has 1 amide bonds. The van der Waals surface area contributed by atoms with E-state index in [1.165, 1.54) is 0 Å². The SMILES string of the molecule is COCc1ccc(-c2c(-c3ccc(C#N)cc3)c(F)c(C(=O)N3CCC[C@@H](N)C3)n2C)cc1. The fraction of sp³-hybridized carbons (Fsp3) is 0.308. The third-order valence-corrected chi connectivity index (χ3v) is 6.12. The average molecular weight is 447 g/mol. The molecule has 1 atom stereocenters. The molecule has 2 N–H and O–H groups in total. The molecule has 0 unspecified atom stereocenters. The number of likely N-dealkylation sites (tertiary alicyclic amines) is 1. The first-order valence-electron chi connectivity index (χ1n) is 11.0. The van der Waals surface area contributed by atoms with Gasteiger partial charge in [0.25, 0.3) is 5.91 Å². The Balaban J connectivity index is 1.86. The number of nitriles is 1. The summed E-state index contributed by atoms with van der Waals surface area (Å²) in [4.78, 5) is 15.0. The predicted molar refractivity (Wildman–Crippen MR) is 125 cm³/mol. The van der Waals surface area contributed by atoms with E-state index >= 15 is 4.39 Å². The lowest BCUT2D eigenvalue weighted by Gasteiger charge is -2.30. The van der Waals surface area contributed by atoms with Gasteiger partial charge in [0.2, 0.25) is 0 Å². The molecule has 0 aliphatic carbocycles. The quantitative estimate of drug-likeness (QED) is 0.640. The summed E-state index contributed by atoms with van der Waals surface area (Å²) in [5.41, 5.74) is 9.89. The number of amides is 1. The zero-order valence-corrected chi connectivity index (χ0v) is 18.8. The van der Waals surface area contributed by atoms with Crippen molar-refractivity contribution in [3.05, 3.63) is 71.2 Å². The van der Waals surface area contributed by atoms with E-state index in [9.17, 15) is 4.79 Å². The highest BCUT2D eigenvalue weighted by Gasteiger charge is 2.32. The van der Waals surface area contributed by atoms with Crippen LogP contribution >= 0.6 is 0 Å². The highest BCUT2D eigenvalue weighted by Crippen LogP contribution is 2.38. The van der Waals surface area contributed by atoms with Crippen LogP contribution in [0.1, 0.15) is 34.5 Å². The summed E-state index contributed by atoms with van der Waals surface area (Å²) in [7, 11) is 3.35. The molecule has 0 bridgehead atoms. The van der Waals surface area contributed by atoms with E-state index in [1.807, 2.05) is 24.3 Å². The molecule has 2 heterocycles. The molecular weight excluding hydrogens is 419 g/mol. The molecule has 3 aromatic rings. The summed E-state index contributed by atoms with van der Waals surface area (Å²) in [6.45, 7) is 1.45. The molecule has 170 valence electrons. The summed E-state index contributed by atoms with van der Waals surface area (Å²) in [5, 5.41) is 9.14. The van der Waals surface area contributed by atoms with Crippen LogP contribution in [0.3, 0.4) is 0 Å². The van der Waals surface area contributed by atoms with Gasteiger partial charge in [0, 0.05) is 38.9 Å². The molecule has 4 rings (SSSR count). The van der Waals surface area contributed by atoms with Crippen molar-refractivity contribution >= 4 is 5.91 Å². The van der Waals surface area contributed by atoms with Gasteiger partial charge in [-0.2, -0.15) is 5.26 Å². The van der Waals surface area contributed by atoms with Gasteiger partial charge in [-0.15, -0.1) is 0 Å². The van der Waals surface area contributed by atoms with Gasteiger partial charge in [-0.25, -0.2) is 4.39 Å². The summed E-state index contributed by atoms with van der Waals surface area (Å²) in [5.74, 6) is -0.926. The maximum atomic E-state index is 16.0. The van der Waals surface area contributed by atoms with E-state index < -0.39 is 5.82 Å². The van der Waals surface area contributed by atoms with Gasteiger partial charge in [0.1, 0.15) is 5.69 Å². The van der Waals surface area contributed by atoms with Gasteiger partial charge in [0.15, 0.2) is 5.82 Å². The average Bonchev–Trinajstić information content (AvgIpc) is 3.09. The van der Waals surface area contributed by atoms with Gasteiger partial charge in [-0.05, 0) is 41.7 Å². The molecule has 0 radical (unpaired) electrons. The third-order valence-electron chi connectivity index (χ3n) is 6.12. The zero-order chi connectivity index (χ0) is 23.5. The van der Waals surface area contributed by atoms with Crippen molar-refractivity contribution in [1.29, 1.82) is 5.26 Å². The zero-order valence-electron chi connectivity index (χ0n) is 18.8. The van der Waals surface area contributed by atoms with Gasteiger partial charge in [0.05, 0.1) is 23.9 Å². The lowest BCUT2D eigenvalue weighted by Crippen LogP contribution is -2.46. The van der Waals surface area contributed by atoms with Gasteiger partial charge >= 0.3 is 0 Å². The minimum absolute atomic E-state index is 0.0134. The highest BCUT2D eigenvalue weighted by molar-refractivity contribution is 5.98. The normalized spacial score (nSPS) is 16.0. The number of methoxy groups -OCH3 is 1. The lowest BCUT2D eigenvalue weighted by molar-refractivity contribution is 0.0694. The molecule has 1 saturated heterocycles. The van der Waals surface area contributed by atoms with Crippen LogP contribution in [0, 0.1) is 17.1 Å². The summed E-state index contributed by atoms with van der Waals surface area (Å²) in [6, 6.07) is 16.4. The van der Waals surface area contributed by atoms with E-state index in [0.29, 0.717) is 42.1 Å². The van der Waals surface area contributed by atoms with E-state index in [1.54, 1.807) is 47.9 Å². The number of carbonyl (C=O) groups is 1. The minimum atomic E-state index is -0.567. The number of ether oxygens (including phenoxy) is 1. The van der Waals surface area contributed by atoms with Crippen LogP contribution in [0.25, 0.3) is 22.4 Å². The van der Waals surface area contributed by atoms with Gasteiger partial charge < -0.3 is 19.9 Å². The first-order valence-corrected chi connectivity index (χ1v) is 11.0. The molecular formula is C26H27FN4O2. The molecule has 0 spiro atoms. The Hall–Kier alpha value is -3.47. The first-order chi connectivity index (χ1) is 15.9. The van der Waals surface area contributed by atoms with Crippen molar-refractivity contribution in [2.24, 2.45) is 12.8 Å². The van der Waals surface area contributed by atoms with Crippen molar-refractivity contribution in [3.8, 4) is 28.5 Å². The number of carbonyl (C=O) groups excluding carboxylic acids is 1. The standard InChI is InChI=1S/C26H27FN4O2/c1-30-24(20-11-7-18(8-12-20)16-33-2)22(19-9-5-17(14-28)6-10-19)23(27)25(30)26(32)31-13-3-4-21(29)15-31/h5-12,21H,3-4,13,15-16,29H2,1-2H3/t21-/m1/s1. The molecule has 1 aliphatic heterocycles. The Morgan fingerprint density at radius 3 is 2.45 bits per heavy atom. The Morgan fingerprint density at radius 2 is 1.85 bits per heavy atom. The number of nitrogens with two attached hydrogens (primary N) is 1. The summed E-state index contributed by atoms with van der Waals surface area (Å²) in [6.07, 6.45) is 1.66. The molecule has 1 aliphatic rings. The van der Waals surface area contributed by atoms with E-state index in [0.717, 1.165) is 24.0 Å². The van der Waals surface area contributed by atoms with Crippen molar-refractivity contribution in [3.63, 3.8) is 0 Å². The van der Waals surface area contributed by atoms with Crippen LogP contribution in [0.5, 0.6) is 0 Å². The molecule has 1 aromatic heterocycles. The molecule has 0 saturated carbocycles. The van der Waals surface area contributed by atoms with Crippen molar-refractivity contribution < 1.29 is 13.9 Å². The van der Waals surface area contributed by atoms with Crippen molar-refractivity contribution in [2.45, 2.75) is 25.5 Å². The Kier molecular flexibility index (Phi) is 6.59. The lowest BCUT2D eigenvalue weighted by atomic mass is 9.99. The van der Waals surface area contributed by atoms with Crippen LogP contribution in [-0.2, 0) is 18.4 Å². The van der Waals surface area contributed by atoms with Gasteiger partial charge in [-0.3, -0.25) is 4.79 Å². The smallest absolute Gasteiger partial charge is 0.273 e. The number of benzene rings is 2. The van der Waals surface area contributed by atoms with Crippen LogP contribution in [0.2, 0.25) is 0 Å². The number of hydrogen-bond donors (Lipinski definition) is 1. The largest absolute Gasteiger partial charge is 0.380 e.